The summed E-state index contributed by atoms with van der Waals surface area (Å²) in [6, 6.07) is 44.3. The normalized spacial score (nSPS) is 16.2. The molecule has 1 aliphatic heterocycles. The van der Waals surface area contributed by atoms with Gasteiger partial charge in [-0.15, -0.1) is 0 Å². The van der Waals surface area contributed by atoms with Crippen LogP contribution in [0.15, 0.2) is 132 Å². The van der Waals surface area contributed by atoms with Crippen LogP contribution in [0.1, 0.15) is 70.3 Å². The van der Waals surface area contributed by atoms with Crippen molar-refractivity contribution in [2.45, 2.75) is 96.5 Å². The van der Waals surface area contributed by atoms with E-state index in [4.69, 9.17) is 14.4 Å². The zero-order valence-corrected chi connectivity index (χ0v) is 39.9. The van der Waals surface area contributed by atoms with Gasteiger partial charge in [-0.1, -0.05) is 208 Å². The molecule has 1 heterocycles. The van der Waals surface area contributed by atoms with Crippen LogP contribution in [0.5, 0.6) is 5.75 Å². The molecule has 5 nitrogen and oxygen atoms in total. The number of benzene rings is 5. The first-order valence-corrected chi connectivity index (χ1v) is 26.9. The minimum atomic E-state index is -1.11. The van der Waals surface area contributed by atoms with Crippen molar-refractivity contribution in [2.24, 2.45) is 4.99 Å². The molecule has 0 amide bonds. The number of fused-ring (bicyclic) bond motifs is 3. The molecule has 56 heavy (non-hydrogen) atoms. The van der Waals surface area contributed by atoms with Crippen molar-refractivity contribution in [1.82, 2.24) is 4.90 Å². The quantitative estimate of drug-likeness (QED) is 0.0877. The third-order valence-electron chi connectivity index (χ3n) is 10.3. The van der Waals surface area contributed by atoms with Crippen molar-refractivity contribution in [3.8, 4) is 5.75 Å². The molecular weight excluding hydrogens is 772 g/mol. The molecule has 8 heteroatoms. The van der Waals surface area contributed by atoms with E-state index in [1.165, 1.54) is 11.1 Å². The second kappa shape index (κ2) is 18.7. The fourth-order valence-corrected chi connectivity index (χ4v) is 16.6. The average molecular weight is 832 g/mol. The summed E-state index contributed by atoms with van der Waals surface area (Å²) in [5, 5.41) is 14.9. The van der Waals surface area contributed by atoms with Gasteiger partial charge in [-0.25, -0.2) is 4.99 Å². The summed E-state index contributed by atoms with van der Waals surface area (Å²) in [5.74, 6) is 0.872. The maximum Gasteiger partial charge on any atom is 2.00 e. The van der Waals surface area contributed by atoms with Crippen LogP contribution in [0.4, 0.5) is 0 Å². The Labute approximate surface area is 351 Å². The van der Waals surface area contributed by atoms with Gasteiger partial charge in [0.2, 0.25) is 0 Å². The number of hydrogen-bond donors (Lipinski definition) is 0. The maximum absolute atomic E-state index is 14.9. The van der Waals surface area contributed by atoms with Gasteiger partial charge in [0.15, 0.2) is 5.90 Å². The molecule has 5 aromatic rings. The smallest absolute Gasteiger partial charge is 0.872 e. The number of aliphatic imine (C=N–C) groups is 1. The monoisotopic (exact) mass is 829 g/mol. The second-order valence-electron chi connectivity index (χ2n) is 17.2. The Morgan fingerprint density at radius 1 is 0.750 bits per heavy atom. The number of hydrogen-bond acceptors (Lipinski definition) is 4. The van der Waals surface area contributed by atoms with Crippen molar-refractivity contribution in [2.75, 3.05) is 13.1 Å². The molecular formula is C48H59N3O2Si2Zn. The first-order valence-electron chi connectivity index (χ1n) is 20.0. The summed E-state index contributed by atoms with van der Waals surface area (Å²) in [6.45, 7) is 20.1. The van der Waals surface area contributed by atoms with Gasteiger partial charge in [0.1, 0.15) is 12.1 Å². The van der Waals surface area contributed by atoms with Gasteiger partial charge in [-0.3, -0.25) is 4.90 Å². The van der Waals surface area contributed by atoms with Crippen LogP contribution in [-0.2, 0) is 42.6 Å². The van der Waals surface area contributed by atoms with Crippen LogP contribution in [0.3, 0.4) is 0 Å². The summed E-state index contributed by atoms with van der Waals surface area (Å²) in [4.78, 5) is 7.42. The molecule has 288 valence electrons. The molecule has 0 bridgehead atoms. The van der Waals surface area contributed by atoms with E-state index in [0.29, 0.717) is 13.1 Å². The first kappa shape index (κ1) is 43.5. The molecule has 0 saturated heterocycles. The maximum atomic E-state index is 14.9. The Kier molecular flexibility index (Phi) is 14.5. The Morgan fingerprint density at radius 3 is 1.77 bits per heavy atom. The number of unbranched alkanes of at least 4 members (excludes halogenated alkanes) is 1. The molecule has 0 N–H and O–H groups in total. The third-order valence-corrected chi connectivity index (χ3v) is 15.7. The standard InChI is InChI=1S/C42H42N2O2.C6H18NSi2.Zn/c1-3-4-24-44(29-39-43-40-36-23-15-14-16-31(36)27-38(40)46-39)28-32-25-30(2)26-37(41(32)45)42(33-17-8-5-9-18-33,34-19-10-6-11-20-34)35-21-12-7-13-22-35;1-8(2,3)7-9(4,5)6;/h5-23,25-26,38,40,45H,3-4,24,27-29H2,1-2H3;1-6H3;/q;-1;+2/p-1/t38-,40+;;/m0../s1. The number of aryl methyl sites for hydroxylation is 1. The van der Waals surface area contributed by atoms with Gasteiger partial charge in [0, 0.05) is 13.0 Å². The van der Waals surface area contributed by atoms with E-state index in [0.717, 1.165) is 65.1 Å². The molecule has 5 aromatic carbocycles. The van der Waals surface area contributed by atoms with Crippen LogP contribution in [-0.4, -0.2) is 46.5 Å². The topological polar surface area (TPSA) is 62.0 Å². The predicted octanol–water partition coefficient (Wildman–Crippen LogP) is 11.2. The Hall–Kier alpha value is -3.65. The molecule has 1 aliphatic carbocycles. The first-order chi connectivity index (χ1) is 26.3. The molecule has 0 aromatic heterocycles. The molecule has 0 radical (unpaired) electrons. The second-order valence-corrected chi connectivity index (χ2v) is 26.8. The molecule has 2 atom stereocenters. The van der Waals surface area contributed by atoms with Crippen LogP contribution >= 0.6 is 0 Å². The van der Waals surface area contributed by atoms with E-state index in [9.17, 15) is 5.11 Å². The third kappa shape index (κ3) is 10.3. The Morgan fingerprint density at radius 2 is 1.27 bits per heavy atom. The predicted molar refractivity (Wildman–Crippen MR) is 234 cm³/mol. The van der Waals surface area contributed by atoms with Crippen molar-refractivity contribution >= 4 is 22.4 Å². The minimum Gasteiger partial charge on any atom is -0.872 e. The van der Waals surface area contributed by atoms with Gasteiger partial charge >= 0.3 is 19.5 Å². The van der Waals surface area contributed by atoms with Crippen molar-refractivity contribution in [3.05, 3.63) is 177 Å². The van der Waals surface area contributed by atoms with Crippen LogP contribution in [0, 0.1) is 6.92 Å². The molecule has 2 aliphatic rings. The van der Waals surface area contributed by atoms with Crippen LogP contribution in [0.25, 0.3) is 4.65 Å². The van der Waals surface area contributed by atoms with E-state index in [-0.39, 0.29) is 37.4 Å². The Balaban J connectivity index is 0.000000537. The van der Waals surface area contributed by atoms with Crippen molar-refractivity contribution in [1.29, 1.82) is 0 Å². The minimum absolute atomic E-state index is 0. The molecule has 7 rings (SSSR count). The van der Waals surface area contributed by atoms with Crippen LogP contribution in [0.2, 0.25) is 39.3 Å². The van der Waals surface area contributed by atoms with Crippen molar-refractivity contribution in [3.63, 3.8) is 0 Å². The molecule has 0 spiro atoms. The average Bonchev–Trinajstić information content (AvgIpc) is 3.70. The van der Waals surface area contributed by atoms with E-state index in [2.05, 4.69) is 167 Å². The molecule has 0 fully saturated rings. The summed E-state index contributed by atoms with van der Waals surface area (Å²) in [6.07, 6.45) is 3.09. The van der Waals surface area contributed by atoms with Gasteiger partial charge in [0.25, 0.3) is 0 Å². The fourth-order valence-electron chi connectivity index (χ4n) is 8.54. The summed E-state index contributed by atoms with van der Waals surface area (Å²) in [7, 11) is -2.21. The zero-order chi connectivity index (χ0) is 39.2. The van der Waals surface area contributed by atoms with Gasteiger partial charge in [0.05, 0.1) is 12.0 Å². The van der Waals surface area contributed by atoms with E-state index >= 15 is 0 Å². The van der Waals surface area contributed by atoms with E-state index in [1.807, 2.05) is 18.2 Å². The number of nitrogens with zero attached hydrogens (tertiary/aromatic N) is 3. The summed E-state index contributed by atoms with van der Waals surface area (Å²) >= 11 is 0. The molecule has 0 saturated carbocycles. The number of rotatable bonds is 13. The fraction of sp³-hybridized carbons (Fsp3) is 0.354. The summed E-state index contributed by atoms with van der Waals surface area (Å²) < 4.78 is 11.3. The van der Waals surface area contributed by atoms with Crippen molar-refractivity contribution < 1.29 is 29.3 Å². The molecule has 0 unspecified atom stereocenters. The number of ether oxygens (including phenoxy) is 1. The van der Waals surface area contributed by atoms with Gasteiger partial charge in [-0.2, -0.15) is 0 Å². The summed E-state index contributed by atoms with van der Waals surface area (Å²) in [5.41, 5.74) is 7.73. The zero-order valence-electron chi connectivity index (χ0n) is 34.9. The van der Waals surface area contributed by atoms with E-state index < -0.39 is 21.9 Å². The van der Waals surface area contributed by atoms with Gasteiger partial charge < -0.3 is 14.5 Å². The Bertz CT molecular complexity index is 1940. The van der Waals surface area contributed by atoms with Crippen LogP contribution < -0.4 is 5.11 Å². The van der Waals surface area contributed by atoms with E-state index in [1.54, 1.807) is 0 Å². The largest absolute Gasteiger partial charge is 2.00 e. The van der Waals surface area contributed by atoms with Gasteiger partial charge in [-0.05, 0) is 58.8 Å². The SMILES string of the molecule is CCCCN(CC1=N[C@@H]2c3ccccc3C[C@@H]2O1)Cc1cc(C)cc(C(c2ccccc2)(c2ccccc2)c2ccccc2)c1[O-].C[Si](C)(C)[N-][Si](C)(C)C.[Zn+2].